The van der Waals surface area contributed by atoms with Crippen molar-refractivity contribution in [3.05, 3.63) is 63.6 Å². The van der Waals surface area contributed by atoms with Gasteiger partial charge in [-0.2, -0.15) is 5.10 Å². The molecule has 2 amide bonds. The Morgan fingerprint density at radius 2 is 1.64 bits per heavy atom. The molecule has 2 rings (SSSR count). The van der Waals surface area contributed by atoms with Crippen molar-refractivity contribution in [2.45, 2.75) is 20.3 Å². The van der Waals surface area contributed by atoms with Crippen LogP contribution in [0.5, 0.6) is 0 Å². The minimum Gasteiger partial charge on any atom is -0.326 e. The molecule has 0 fully saturated rings. The number of aryl methyl sites for hydroxylation is 1. The van der Waals surface area contributed by atoms with Crippen LogP contribution in [0.15, 0.2) is 47.6 Å². The molecular weight excluding hydrogens is 361 g/mol. The molecule has 0 aliphatic carbocycles. The Balaban J connectivity index is 1.90. The number of hydrogen-bond acceptors (Lipinski definition) is 3. The van der Waals surface area contributed by atoms with Crippen molar-refractivity contribution in [3.63, 3.8) is 0 Å². The predicted octanol–water partition coefficient (Wildman–Crippen LogP) is 4.44. The zero-order valence-corrected chi connectivity index (χ0v) is 15.3. The maximum Gasteiger partial charge on any atom is 0.271 e. The first-order valence-corrected chi connectivity index (χ1v) is 8.25. The summed E-state index contributed by atoms with van der Waals surface area (Å²) in [4.78, 5) is 24.0. The number of nitrogens with one attached hydrogen (secondary N) is 2. The maximum atomic E-state index is 12.0. The Morgan fingerprint density at radius 3 is 2.24 bits per heavy atom. The summed E-state index contributed by atoms with van der Waals surface area (Å²) in [5.74, 6) is -0.620. The number of amides is 2. The molecule has 5 nitrogen and oxygen atoms in total. The second-order valence-electron chi connectivity index (χ2n) is 5.54. The third-order valence-electron chi connectivity index (χ3n) is 3.22. The monoisotopic (exact) mass is 377 g/mol. The molecule has 0 atom stereocenters. The van der Waals surface area contributed by atoms with Crippen LogP contribution in [0, 0.1) is 6.92 Å². The van der Waals surface area contributed by atoms with Crippen molar-refractivity contribution in [1.29, 1.82) is 0 Å². The standard InChI is InChI=1S/C18H17Cl2N3O2/c1-11-3-5-13(6-4-11)18(25)23-22-12(2)7-17(24)21-16-9-14(19)8-15(20)10-16/h3-6,8-10H,7H2,1-2H3,(H,21,24)(H,23,25). The van der Waals surface area contributed by atoms with Crippen LogP contribution in [0.1, 0.15) is 29.3 Å². The van der Waals surface area contributed by atoms with Crippen LogP contribution in [-0.2, 0) is 4.79 Å². The van der Waals surface area contributed by atoms with Crippen LogP contribution < -0.4 is 10.7 Å². The highest BCUT2D eigenvalue weighted by Gasteiger charge is 2.08. The van der Waals surface area contributed by atoms with Crippen LogP contribution in [0.2, 0.25) is 10.0 Å². The van der Waals surface area contributed by atoms with Gasteiger partial charge in [0.05, 0.1) is 6.42 Å². The van der Waals surface area contributed by atoms with Gasteiger partial charge in [-0.1, -0.05) is 40.9 Å². The first kappa shape index (κ1) is 19.0. The van der Waals surface area contributed by atoms with Gasteiger partial charge < -0.3 is 5.32 Å². The summed E-state index contributed by atoms with van der Waals surface area (Å²) in [5.41, 5.74) is 4.96. The van der Waals surface area contributed by atoms with E-state index in [0.29, 0.717) is 27.0 Å². The molecule has 2 aromatic rings. The van der Waals surface area contributed by atoms with Crippen molar-refractivity contribution in [2.75, 3.05) is 5.32 Å². The van der Waals surface area contributed by atoms with E-state index in [-0.39, 0.29) is 18.2 Å². The smallest absolute Gasteiger partial charge is 0.271 e. The second kappa shape index (κ2) is 8.65. The minimum absolute atomic E-state index is 0.0261. The molecule has 130 valence electrons. The van der Waals surface area contributed by atoms with E-state index in [1.165, 1.54) is 0 Å². The fraction of sp³-hybridized carbons (Fsp3) is 0.167. The van der Waals surface area contributed by atoms with Gasteiger partial charge in [0.25, 0.3) is 5.91 Å². The first-order valence-electron chi connectivity index (χ1n) is 7.49. The van der Waals surface area contributed by atoms with Crippen LogP contribution in [0.4, 0.5) is 5.69 Å². The average molecular weight is 378 g/mol. The highest BCUT2D eigenvalue weighted by molar-refractivity contribution is 6.35. The number of carbonyl (C=O) groups is 2. The van der Waals surface area contributed by atoms with Crippen molar-refractivity contribution in [3.8, 4) is 0 Å². The van der Waals surface area contributed by atoms with Crippen LogP contribution >= 0.6 is 23.2 Å². The molecule has 0 radical (unpaired) electrons. The number of halogens is 2. The lowest BCUT2D eigenvalue weighted by atomic mass is 10.1. The van der Waals surface area contributed by atoms with Gasteiger partial charge in [-0.05, 0) is 44.2 Å². The number of hydrogen-bond donors (Lipinski definition) is 2. The van der Waals surface area contributed by atoms with Crippen molar-refractivity contribution in [1.82, 2.24) is 5.43 Å². The lowest BCUT2D eigenvalue weighted by Crippen LogP contribution is -2.21. The quantitative estimate of drug-likeness (QED) is 0.597. The lowest BCUT2D eigenvalue weighted by Gasteiger charge is -2.07. The molecule has 0 saturated heterocycles. The van der Waals surface area contributed by atoms with Gasteiger partial charge in [0.2, 0.25) is 5.91 Å². The summed E-state index contributed by atoms with van der Waals surface area (Å²) in [7, 11) is 0. The molecule has 0 spiro atoms. The zero-order valence-electron chi connectivity index (χ0n) is 13.8. The number of benzene rings is 2. The van der Waals surface area contributed by atoms with E-state index < -0.39 is 0 Å². The van der Waals surface area contributed by atoms with Crippen molar-refractivity contribution in [2.24, 2.45) is 5.10 Å². The molecule has 0 bridgehead atoms. The molecule has 25 heavy (non-hydrogen) atoms. The molecule has 2 N–H and O–H groups in total. The molecule has 0 aromatic heterocycles. The first-order chi connectivity index (χ1) is 11.8. The molecule has 0 unspecified atom stereocenters. The van der Waals surface area contributed by atoms with E-state index in [1.54, 1.807) is 37.3 Å². The van der Waals surface area contributed by atoms with Crippen molar-refractivity contribution < 1.29 is 9.59 Å². The molecule has 7 heteroatoms. The Labute approximate surface area is 156 Å². The zero-order chi connectivity index (χ0) is 18.4. The van der Waals surface area contributed by atoms with Crippen LogP contribution in [-0.4, -0.2) is 17.5 Å². The molecule has 0 aliphatic rings. The third-order valence-corrected chi connectivity index (χ3v) is 3.66. The summed E-state index contributed by atoms with van der Waals surface area (Å²) in [6.45, 7) is 3.59. The number of nitrogens with zero attached hydrogens (tertiary/aromatic N) is 1. The normalized spacial score (nSPS) is 11.1. The van der Waals surface area contributed by atoms with E-state index in [9.17, 15) is 9.59 Å². The van der Waals surface area contributed by atoms with Gasteiger partial charge in [0.1, 0.15) is 0 Å². The van der Waals surface area contributed by atoms with E-state index in [4.69, 9.17) is 23.2 Å². The fourth-order valence-electron chi connectivity index (χ4n) is 2.02. The van der Waals surface area contributed by atoms with E-state index in [0.717, 1.165) is 5.56 Å². The summed E-state index contributed by atoms with van der Waals surface area (Å²) in [5, 5.41) is 7.48. The topological polar surface area (TPSA) is 70.6 Å². The minimum atomic E-state index is -0.332. The number of rotatable bonds is 5. The van der Waals surface area contributed by atoms with E-state index in [2.05, 4.69) is 15.8 Å². The van der Waals surface area contributed by atoms with E-state index in [1.807, 2.05) is 19.1 Å². The largest absolute Gasteiger partial charge is 0.326 e. The molecule has 2 aromatic carbocycles. The summed E-state index contributed by atoms with van der Waals surface area (Å²) < 4.78 is 0. The van der Waals surface area contributed by atoms with Gasteiger partial charge in [-0.3, -0.25) is 9.59 Å². The van der Waals surface area contributed by atoms with Gasteiger partial charge >= 0.3 is 0 Å². The number of carbonyl (C=O) groups excluding carboxylic acids is 2. The Kier molecular flexibility index (Phi) is 6.56. The Morgan fingerprint density at radius 1 is 1.04 bits per heavy atom. The Hall–Kier alpha value is -2.37. The highest BCUT2D eigenvalue weighted by Crippen LogP contribution is 2.22. The summed E-state index contributed by atoms with van der Waals surface area (Å²) >= 11 is 11.8. The van der Waals surface area contributed by atoms with Gasteiger partial charge in [-0.25, -0.2) is 5.43 Å². The van der Waals surface area contributed by atoms with Gasteiger partial charge in [0.15, 0.2) is 0 Å². The molecule has 0 aliphatic heterocycles. The fourth-order valence-corrected chi connectivity index (χ4v) is 2.54. The predicted molar refractivity (Wildman–Crippen MR) is 101 cm³/mol. The second-order valence-corrected chi connectivity index (χ2v) is 6.41. The Bertz CT molecular complexity index is 797. The third kappa shape index (κ3) is 6.21. The SMILES string of the molecule is CC(CC(=O)Nc1cc(Cl)cc(Cl)c1)=NNC(=O)c1ccc(C)cc1. The van der Waals surface area contributed by atoms with Crippen molar-refractivity contribution >= 4 is 46.4 Å². The molecule has 0 saturated carbocycles. The number of anilines is 1. The maximum absolute atomic E-state index is 12.0. The summed E-state index contributed by atoms with van der Waals surface area (Å²) in [6.07, 6.45) is 0.0261. The molecule has 0 heterocycles. The average Bonchev–Trinajstić information content (AvgIpc) is 2.52. The van der Waals surface area contributed by atoms with Crippen LogP contribution in [0.25, 0.3) is 0 Å². The lowest BCUT2D eigenvalue weighted by molar-refractivity contribution is -0.115. The molecular formula is C18H17Cl2N3O2. The highest BCUT2D eigenvalue weighted by atomic mass is 35.5. The summed E-state index contributed by atoms with van der Waals surface area (Å²) in [6, 6.07) is 11.9. The number of hydrazone groups is 1. The van der Waals surface area contributed by atoms with Gasteiger partial charge in [-0.15, -0.1) is 0 Å². The van der Waals surface area contributed by atoms with Gasteiger partial charge in [0, 0.05) is 27.0 Å². The van der Waals surface area contributed by atoms with E-state index >= 15 is 0 Å². The van der Waals surface area contributed by atoms with Crippen LogP contribution in [0.3, 0.4) is 0 Å².